The van der Waals surface area contributed by atoms with Crippen LogP contribution in [0.15, 0.2) is 59.6 Å². The average Bonchev–Trinajstić information content (AvgIpc) is 2.74. The number of nitrogens with zero attached hydrogens (tertiary/aromatic N) is 1. The van der Waals surface area contributed by atoms with Gasteiger partial charge in [-0.15, -0.1) is 0 Å². The number of guanidine groups is 1. The van der Waals surface area contributed by atoms with Crippen molar-refractivity contribution in [3.8, 4) is 5.75 Å². The van der Waals surface area contributed by atoms with Gasteiger partial charge < -0.3 is 20.7 Å². The summed E-state index contributed by atoms with van der Waals surface area (Å²) in [6.07, 6.45) is 0.918. The van der Waals surface area contributed by atoms with Crippen LogP contribution in [0.5, 0.6) is 5.75 Å². The fraction of sp³-hybridized carbons (Fsp3) is 0.364. The van der Waals surface area contributed by atoms with Gasteiger partial charge in [0, 0.05) is 18.7 Å². The Balaban J connectivity index is 1.86. The lowest BCUT2D eigenvalue weighted by molar-refractivity contribution is 0.0953. The third-order valence-corrected chi connectivity index (χ3v) is 3.90. The quantitative estimate of drug-likeness (QED) is 0.336. The van der Waals surface area contributed by atoms with E-state index < -0.39 is 0 Å². The monoisotopic (exact) mass is 382 g/mol. The van der Waals surface area contributed by atoms with Gasteiger partial charge in [0.1, 0.15) is 12.4 Å². The number of para-hydroxylation sites is 1. The molecule has 28 heavy (non-hydrogen) atoms. The Morgan fingerprint density at radius 3 is 2.54 bits per heavy atom. The van der Waals surface area contributed by atoms with Crippen molar-refractivity contribution in [2.24, 2.45) is 4.99 Å². The highest BCUT2D eigenvalue weighted by Gasteiger charge is 2.05. The van der Waals surface area contributed by atoms with Crippen molar-refractivity contribution in [2.75, 3.05) is 26.2 Å². The van der Waals surface area contributed by atoms with E-state index in [1.807, 2.05) is 68.4 Å². The van der Waals surface area contributed by atoms with Crippen LogP contribution < -0.4 is 20.7 Å². The number of rotatable bonds is 10. The zero-order valence-corrected chi connectivity index (χ0v) is 16.7. The van der Waals surface area contributed by atoms with E-state index in [0.717, 1.165) is 30.2 Å². The second-order valence-corrected chi connectivity index (χ2v) is 6.24. The molecule has 2 aromatic carbocycles. The lowest BCUT2D eigenvalue weighted by Crippen LogP contribution is -2.39. The van der Waals surface area contributed by atoms with Gasteiger partial charge in [-0.1, -0.05) is 37.3 Å². The summed E-state index contributed by atoms with van der Waals surface area (Å²) in [5.74, 6) is 1.53. The highest BCUT2D eigenvalue weighted by Crippen LogP contribution is 2.08. The lowest BCUT2D eigenvalue weighted by Gasteiger charge is -2.12. The summed E-state index contributed by atoms with van der Waals surface area (Å²) < 4.78 is 5.68. The molecule has 0 unspecified atom stereocenters. The Kier molecular flexibility index (Phi) is 9.41. The first-order valence-corrected chi connectivity index (χ1v) is 9.80. The van der Waals surface area contributed by atoms with Crippen LogP contribution in [0, 0.1) is 0 Å². The molecule has 6 nitrogen and oxygen atoms in total. The fourth-order valence-electron chi connectivity index (χ4n) is 2.52. The van der Waals surface area contributed by atoms with Crippen LogP contribution in [-0.2, 0) is 6.54 Å². The van der Waals surface area contributed by atoms with Crippen molar-refractivity contribution in [2.45, 2.75) is 26.8 Å². The molecule has 0 aromatic heterocycles. The number of nitrogens with one attached hydrogen (secondary N) is 3. The van der Waals surface area contributed by atoms with Crippen molar-refractivity contribution in [1.82, 2.24) is 16.0 Å². The third-order valence-electron chi connectivity index (χ3n) is 3.90. The number of ether oxygens (including phenoxy) is 1. The summed E-state index contributed by atoms with van der Waals surface area (Å²) in [6, 6.07) is 17.3. The molecule has 0 radical (unpaired) electrons. The number of hydrogen-bond acceptors (Lipinski definition) is 3. The van der Waals surface area contributed by atoms with Crippen molar-refractivity contribution in [3.63, 3.8) is 0 Å². The third kappa shape index (κ3) is 7.70. The Morgan fingerprint density at radius 1 is 0.964 bits per heavy atom. The molecule has 0 saturated carbocycles. The minimum atomic E-state index is -0.0456. The first-order chi connectivity index (χ1) is 13.7. The van der Waals surface area contributed by atoms with E-state index >= 15 is 0 Å². The molecule has 0 bridgehead atoms. The van der Waals surface area contributed by atoms with Crippen LogP contribution in [0.4, 0.5) is 0 Å². The van der Waals surface area contributed by atoms with Crippen LogP contribution >= 0.6 is 0 Å². The molecule has 2 rings (SSSR count). The summed E-state index contributed by atoms with van der Waals surface area (Å²) in [5.41, 5.74) is 1.65. The van der Waals surface area contributed by atoms with Crippen LogP contribution in [0.25, 0.3) is 0 Å². The average molecular weight is 383 g/mol. The van der Waals surface area contributed by atoms with Gasteiger partial charge in [-0.3, -0.25) is 4.79 Å². The van der Waals surface area contributed by atoms with E-state index in [1.165, 1.54) is 0 Å². The molecular weight excluding hydrogens is 352 g/mol. The van der Waals surface area contributed by atoms with Crippen LogP contribution in [0.3, 0.4) is 0 Å². The maximum Gasteiger partial charge on any atom is 0.251 e. The highest BCUT2D eigenvalue weighted by molar-refractivity contribution is 5.94. The maximum atomic E-state index is 12.1. The molecule has 0 heterocycles. The van der Waals surface area contributed by atoms with Gasteiger partial charge >= 0.3 is 0 Å². The first kappa shape index (κ1) is 21.3. The number of hydrogen-bond donors (Lipinski definition) is 3. The number of amides is 1. The van der Waals surface area contributed by atoms with Crippen molar-refractivity contribution < 1.29 is 9.53 Å². The van der Waals surface area contributed by atoms with Gasteiger partial charge in [0.05, 0.1) is 13.1 Å². The van der Waals surface area contributed by atoms with E-state index in [1.54, 1.807) is 0 Å². The lowest BCUT2D eigenvalue weighted by atomic mass is 10.1. The standard InChI is InChI=1S/C22H30N4O2/c1-3-13-24-21(27)19-10-8-9-18(16-19)17-26-22(23-4-2)25-14-15-28-20-11-6-5-7-12-20/h5-12,16H,3-4,13-15,17H2,1-2H3,(H,24,27)(H2,23,25,26). The zero-order chi connectivity index (χ0) is 20.0. The summed E-state index contributed by atoms with van der Waals surface area (Å²) in [5, 5.41) is 9.38. The van der Waals surface area contributed by atoms with Crippen LogP contribution in [-0.4, -0.2) is 38.1 Å². The number of benzene rings is 2. The number of aliphatic imine (C=N–C) groups is 1. The highest BCUT2D eigenvalue weighted by atomic mass is 16.5. The van der Waals surface area contributed by atoms with Gasteiger partial charge in [-0.25, -0.2) is 4.99 Å². The topological polar surface area (TPSA) is 74.8 Å². The molecule has 0 aliphatic carbocycles. The molecular formula is C22H30N4O2. The Labute approximate surface area is 167 Å². The van der Waals surface area contributed by atoms with Gasteiger partial charge in [-0.2, -0.15) is 0 Å². The maximum absolute atomic E-state index is 12.1. The minimum Gasteiger partial charge on any atom is -0.492 e. The largest absolute Gasteiger partial charge is 0.492 e. The second-order valence-electron chi connectivity index (χ2n) is 6.24. The van der Waals surface area contributed by atoms with Gasteiger partial charge in [0.2, 0.25) is 0 Å². The van der Waals surface area contributed by atoms with E-state index in [9.17, 15) is 4.79 Å². The zero-order valence-electron chi connectivity index (χ0n) is 16.7. The molecule has 0 aliphatic rings. The van der Waals surface area contributed by atoms with E-state index in [0.29, 0.717) is 31.8 Å². The predicted molar refractivity (Wildman–Crippen MR) is 114 cm³/mol. The molecule has 3 N–H and O–H groups in total. The molecule has 0 spiro atoms. The molecule has 1 amide bonds. The molecule has 0 aliphatic heterocycles. The van der Waals surface area contributed by atoms with Gasteiger partial charge in [0.15, 0.2) is 5.96 Å². The van der Waals surface area contributed by atoms with Crippen LogP contribution in [0.1, 0.15) is 36.2 Å². The molecule has 0 saturated heterocycles. The molecule has 6 heteroatoms. The minimum absolute atomic E-state index is 0.0456. The van der Waals surface area contributed by atoms with Crippen LogP contribution in [0.2, 0.25) is 0 Å². The first-order valence-electron chi connectivity index (χ1n) is 9.80. The van der Waals surface area contributed by atoms with Crippen molar-refractivity contribution in [3.05, 3.63) is 65.7 Å². The van der Waals surface area contributed by atoms with E-state index in [-0.39, 0.29) is 5.91 Å². The summed E-state index contributed by atoms with van der Waals surface area (Å²) >= 11 is 0. The summed E-state index contributed by atoms with van der Waals surface area (Å²) in [6.45, 7) is 7.18. The summed E-state index contributed by atoms with van der Waals surface area (Å²) in [7, 11) is 0. The van der Waals surface area contributed by atoms with Gasteiger partial charge in [-0.05, 0) is 43.2 Å². The molecule has 2 aromatic rings. The fourth-order valence-corrected chi connectivity index (χ4v) is 2.52. The molecule has 0 fully saturated rings. The van der Waals surface area contributed by atoms with E-state index in [4.69, 9.17) is 4.74 Å². The Bertz CT molecular complexity index is 747. The SMILES string of the molecule is CCCNC(=O)c1cccc(CN=C(NCC)NCCOc2ccccc2)c1. The number of carbonyl (C=O) groups is 1. The Hall–Kier alpha value is -3.02. The predicted octanol–water partition coefficient (Wildman–Crippen LogP) is 2.96. The van der Waals surface area contributed by atoms with Crippen molar-refractivity contribution >= 4 is 11.9 Å². The van der Waals surface area contributed by atoms with Gasteiger partial charge in [0.25, 0.3) is 5.91 Å². The molecule has 150 valence electrons. The van der Waals surface area contributed by atoms with Crippen molar-refractivity contribution in [1.29, 1.82) is 0 Å². The summed E-state index contributed by atoms with van der Waals surface area (Å²) in [4.78, 5) is 16.7. The normalized spacial score (nSPS) is 11.0. The smallest absolute Gasteiger partial charge is 0.251 e. The number of carbonyl (C=O) groups excluding carboxylic acids is 1. The Morgan fingerprint density at radius 2 is 1.79 bits per heavy atom. The second kappa shape index (κ2) is 12.4. The van der Waals surface area contributed by atoms with E-state index in [2.05, 4.69) is 20.9 Å². The molecule has 0 atom stereocenters.